The molecule has 1 N–H and O–H groups in total. The van der Waals surface area contributed by atoms with Crippen LogP contribution in [0.4, 0.5) is 9.59 Å². The molecule has 2 rings (SSSR count). The fourth-order valence-electron chi connectivity index (χ4n) is 3.20. The molecule has 2 aliphatic carbocycles. The van der Waals surface area contributed by atoms with Crippen molar-refractivity contribution >= 4 is 12.2 Å². The van der Waals surface area contributed by atoms with Crippen molar-refractivity contribution in [3.8, 4) is 0 Å². The molecule has 132 valence electrons. The molecule has 0 radical (unpaired) electrons. The molecule has 0 aromatic rings. The number of carbonyl (C=O) groups is 2. The summed E-state index contributed by atoms with van der Waals surface area (Å²) in [7, 11) is 0. The first-order chi connectivity index (χ1) is 10.4. The number of nitrogens with one attached hydrogen (secondary N) is 1. The molecule has 0 unspecified atom stereocenters. The summed E-state index contributed by atoms with van der Waals surface area (Å²) >= 11 is 0. The molecule has 0 bridgehead atoms. The van der Waals surface area contributed by atoms with Crippen LogP contribution in [0.15, 0.2) is 0 Å². The number of amides is 2. The third kappa shape index (κ3) is 4.75. The molecule has 2 saturated carbocycles. The van der Waals surface area contributed by atoms with E-state index in [9.17, 15) is 9.59 Å². The van der Waals surface area contributed by atoms with Crippen LogP contribution in [-0.4, -0.2) is 34.4 Å². The highest BCUT2D eigenvalue weighted by atomic mass is 16.6. The number of hydrazine groups is 1. The lowest BCUT2D eigenvalue weighted by Gasteiger charge is -2.56. The quantitative estimate of drug-likeness (QED) is 0.740. The van der Waals surface area contributed by atoms with E-state index in [0.717, 1.165) is 12.8 Å². The number of nitrogens with zero attached hydrogens (tertiary/aromatic N) is 1. The third-order valence-corrected chi connectivity index (χ3v) is 4.32. The number of carbonyl (C=O) groups excluding carboxylic acids is 2. The lowest BCUT2D eigenvalue weighted by Crippen LogP contribution is -2.61. The predicted molar refractivity (Wildman–Crippen MR) is 86.7 cm³/mol. The van der Waals surface area contributed by atoms with E-state index in [1.165, 1.54) is 24.3 Å². The summed E-state index contributed by atoms with van der Waals surface area (Å²) in [6, 6.07) is -0.0160. The highest BCUT2D eigenvalue weighted by Crippen LogP contribution is 2.57. The van der Waals surface area contributed by atoms with Crippen molar-refractivity contribution in [2.75, 3.05) is 0 Å². The summed E-state index contributed by atoms with van der Waals surface area (Å²) in [4.78, 5) is 24.5. The van der Waals surface area contributed by atoms with Gasteiger partial charge in [-0.2, -0.15) is 0 Å². The van der Waals surface area contributed by atoms with Crippen LogP contribution in [0.25, 0.3) is 0 Å². The van der Waals surface area contributed by atoms with Gasteiger partial charge in [0.25, 0.3) is 0 Å². The molecule has 23 heavy (non-hydrogen) atoms. The van der Waals surface area contributed by atoms with E-state index in [0.29, 0.717) is 5.41 Å². The Balaban J connectivity index is 1.99. The largest absolute Gasteiger partial charge is 0.443 e. The molecule has 0 aliphatic heterocycles. The standard InChI is InChI=1S/C17H30N2O4/c1-15(2,3)22-13(20)18-19(14(21)23-16(4,5)6)12-10-17(11-12)8-7-9-17/h12H,7-11H2,1-6H3,(H,18,20). The van der Waals surface area contributed by atoms with E-state index < -0.39 is 23.4 Å². The molecule has 2 fully saturated rings. The van der Waals surface area contributed by atoms with Crippen LogP contribution in [0, 0.1) is 5.41 Å². The zero-order valence-corrected chi connectivity index (χ0v) is 15.2. The zero-order valence-electron chi connectivity index (χ0n) is 15.2. The van der Waals surface area contributed by atoms with Crippen molar-refractivity contribution in [1.29, 1.82) is 0 Å². The van der Waals surface area contributed by atoms with Gasteiger partial charge in [-0.15, -0.1) is 0 Å². The fourth-order valence-corrected chi connectivity index (χ4v) is 3.20. The second-order valence-electron chi connectivity index (χ2n) is 8.88. The smallest absolute Gasteiger partial charge is 0.429 e. The van der Waals surface area contributed by atoms with Crippen molar-refractivity contribution < 1.29 is 19.1 Å². The van der Waals surface area contributed by atoms with Crippen molar-refractivity contribution in [1.82, 2.24) is 10.4 Å². The highest BCUT2D eigenvalue weighted by molar-refractivity contribution is 5.74. The lowest BCUT2D eigenvalue weighted by atomic mass is 9.54. The van der Waals surface area contributed by atoms with Crippen LogP contribution in [-0.2, 0) is 9.47 Å². The molecule has 0 saturated heterocycles. The number of hydrogen-bond acceptors (Lipinski definition) is 4. The van der Waals surface area contributed by atoms with Crippen LogP contribution in [0.5, 0.6) is 0 Å². The third-order valence-electron chi connectivity index (χ3n) is 4.32. The first-order valence-electron chi connectivity index (χ1n) is 8.41. The minimum atomic E-state index is -0.627. The van der Waals surface area contributed by atoms with E-state index in [1.807, 2.05) is 20.8 Å². The Morgan fingerprint density at radius 3 is 1.91 bits per heavy atom. The number of ether oxygens (including phenoxy) is 2. The maximum atomic E-state index is 12.4. The summed E-state index contributed by atoms with van der Waals surface area (Å²) in [5, 5.41) is 1.32. The normalized spacial score (nSPS) is 20.3. The van der Waals surface area contributed by atoms with Gasteiger partial charge in [0.2, 0.25) is 0 Å². The Labute approximate surface area is 138 Å². The summed E-state index contributed by atoms with van der Waals surface area (Å²) in [6.45, 7) is 10.8. The lowest BCUT2D eigenvalue weighted by molar-refractivity contribution is -0.0786. The van der Waals surface area contributed by atoms with E-state index in [1.54, 1.807) is 20.8 Å². The Morgan fingerprint density at radius 2 is 1.52 bits per heavy atom. The van der Waals surface area contributed by atoms with Gasteiger partial charge in [-0.1, -0.05) is 6.42 Å². The molecule has 2 aliphatic rings. The van der Waals surface area contributed by atoms with Crippen molar-refractivity contribution in [3.05, 3.63) is 0 Å². The molecule has 0 heterocycles. The van der Waals surface area contributed by atoms with Crippen LogP contribution < -0.4 is 5.43 Å². The Kier molecular flexibility index (Phi) is 4.57. The van der Waals surface area contributed by atoms with E-state index in [4.69, 9.17) is 9.47 Å². The first kappa shape index (κ1) is 17.9. The van der Waals surface area contributed by atoms with E-state index in [2.05, 4.69) is 5.43 Å². The highest BCUT2D eigenvalue weighted by Gasteiger charge is 2.52. The Bertz CT molecular complexity index is 464. The van der Waals surface area contributed by atoms with Gasteiger partial charge < -0.3 is 9.47 Å². The SMILES string of the molecule is CC(C)(C)OC(=O)NN(C(=O)OC(C)(C)C)C1CC2(CCC2)C1. The van der Waals surface area contributed by atoms with E-state index in [-0.39, 0.29) is 6.04 Å². The molecule has 2 amide bonds. The maximum absolute atomic E-state index is 12.4. The number of rotatable bonds is 1. The average molecular weight is 326 g/mol. The van der Waals surface area contributed by atoms with Gasteiger partial charge >= 0.3 is 12.2 Å². The van der Waals surface area contributed by atoms with Crippen LogP contribution in [0.1, 0.15) is 73.6 Å². The van der Waals surface area contributed by atoms with Gasteiger partial charge in [0.15, 0.2) is 0 Å². The average Bonchev–Trinajstić information content (AvgIpc) is 2.18. The number of hydrogen-bond donors (Lipinski definition) is 1. The Hall–Kier alpha value is -1.46. The molecule has 0 atom stereocenters. The summed E-state index contributed by atoms with van der Waals surface area (Å²) in [5.41, 5.74) is 1.75. The minimum absolute atomic E-state index is 0.0160. The summed E-state index contributed by atoms with van der Waals surface area (Å²) in [6.07, 6.45) is 4.39. The molecule has 0 aromatic heterocycles. The molecule has 6 nitrogen and oxygen atoms in total. The van der Waals surface area contributed by atoms with Crippen LogP contribution in [0.2, 0.25) is 0 Å². The van der Waals surface area contributed by atoms with Crippen LogP contribution in [0.3, 0.4) is 0 Å². The van der Waals surface area contributed by atoms with Gasteiger partial charge in [-0.25, -0.2) is 20.0 Å². The monoisotopic (exact) mass is 326 g/mol. The Morgan fingerprint density at radius 1 is 1.00 bits per heavy atom. The second kappa shape index (κ2) is 5.87. The van der Waals surface area contributed by atoms with Crippen molar-refractivity contribution in [2.45, 2.75) is 90.9 Å². The van der Waals surface area contributed by atoms with Gasteiger partial charge in [0.1, 0.15) is 11.2 Å². The topological polar surface area (TPSA) is 67.9 Å². The van der Waals surface area contributed by atoms with Crippen LogP contribution >= 0.6 is 0 Å². The second-order valence-corrected chi connectivity index (χ2v) is 8.88. The molecule has 0 aromatic carbocycles. The predicted octanol–water partition coefficient (Wildman–Crippen LogP) is 4.00. The summed E-state index contributed by atoms with van der Waals surface area (Å²) < 4.78 is 10.7. The first-order valence-corrected chi connectivity index (χ1v) is 8.41. The zero-order chi connectivity index (χ0) is 17.5. The van der Waals surface area contributed by atoms with Gasteiger partial charge in [0.05, 0.1) is 6.04 Å². The van der Waals surface area contributed by atoms with E-state index >= 15 is 0 Å². The molecular formula is C17H30N2O4. The minimum Gasteiger partial charge on any atom is -0.443 e. The molecule has 1 spiro atoms. The van der Waals surface area contributed by atoms with Gasteiger partial charge in [-0.3, -0.25) is 0 Å². The fraction of sp³-hybridized carbons (Fsp3) is 0.882. The van der Waals surface area contributed by atoms with Gasteiger partial charge in [0, 0.05) is 0 Å². The molecule has 6 heteroatoms. The summed E-state index contributed by atoms with van der Waals surface area (Å²) in [5.74, 6) is 0. The maximum Gasteiger partial charge on any atom is 0.429 e. The molecular weight excluding hydrogens is 296 g/mol. The van der Waals surface area contributed by atoms with Gasteiger partial charge in [-0.05, 0) is 72.6 Å². The van der Waals surface area contributed by atoms with Crippen molar-refractivity contribution in [3.63, 3.8) is 0 Å². The van der Waals surface area contributed by atoms with Crippen molar-refractivity contribution in [2.24, 2.45) is 5.41 Å².